The first-order valence-corrected chi connectivity index (χ1v) is 5.78. The highest BCUT2D eigenvalue weighted by Gasteiger charge is 2.33. The van der Waals surface area contributed by atoms with Gasteiger partial charge in [-0.3, -0.25) is 4.79 Å². The van der Waals surface area contributed by atoms with Gasteiger partial charge in [-0.15, -0.1) is 11.8 Å². The van der Waals surface area contributed by atoms with Crippen molar-refractivity contribution in [2.75, 3.05) is 5.32 Å². The van der Waals surface area contributed by atoms with Crippen LogP contribution >= 0.6 is 11.6 Å². The molecule has 0 heterocycles. The first-order chi connectivity index (χ1) is 8.84. The smallest absolute Gasteiger partial charge is 0.326 e. The van der Waals surface area contributed by atoms with Gasteiger partial charge in [0.2, 0.25) is 5.91 Å². The monoisotopic (exact) mass is 289 g/mol. The van der Waals surface area contributed by atoms with Crippen molar-refractivity contribution in [2.45, 2.75) is 25.9 Å². The summed E-state index contributed by atoms with van der Waals surface area (Å²) in [6.07, 6.45) is -3.92. The van der Waals surface area contributed by atoms with Crippen LogP contribution in [0.5, 0.6) is 0 Å². The maximum absolute atomic E-state index is 12.5. The van der Waals surface area contributed by atoms with E-state index in [-0.39, 0.29) is 18.0 Å². The highest BCUT2D eigenvalue weighted by molar-refractivity contribution is 6.31. The van der Waals surface area contributed by atoms with Gasteiger partial charge in [0.15, 0.2) is 0 Å². The largest absolute Gasteiger partial charge is 0.417 e. The molecule has 1 rings (SSSR count). The normalized spacial score (nSPS) is 10.6. The lowest BCUT2D eigenvalue weighted by atomic mass is 10.2. The van der Waals surface area contributed by atoms with Crippen molar-refractivity contribution in [3.63, 3.8) is 0 Å². The van der Waals surface area contributed by atoms with Gasteiger partial charge < -0.3 is 5.32 Å². The molecule has 0 aliphatic heterocycles. The Hall–Kier alpha value is -1.67. The van der Waals surface area contributed by atoms with Gasteiger partial charge in [-0.05, 0) is 25.1 Å². The van der Waals surface area contributed by atoms with Crippen molar-refractivity contribution >= 4 is 23.2 Å². The van der Waals surface area contributed by atoms with Crippen molar-refractivity contribution in [1.29, 1.82) is 0 Å². The summed E-state index contributed by atoms with van der Waals surface area (Å²) in [4.78, 5) is 11.4. The molecule has 0 radical (unpaired) electrons. The van der Waals surface area contributed by atoms with E-state index < -0.39 is 16.8 Å². The van der Waals surface area contributed by atoms with Crippen LogP contribution in [0.25, 0.3) is 0 Å². The number of nitrogens with one attached hydrogen (secondary N) is 1. The Morgan fingerprint density at radius 1 is 1.42 bits per heavy atom. The fraction of sp³-hybridized carbons (Fsp3) is 0.308. The molecule has 0 bridgehead atoms. The van der Waals surface area contributed by atoms with E-state index in [4.69, 9.17) is 11.6 Å². The summed E-state index contributed by atoms with van der Waals surface area (Å²) < 4.78 is 37.4. The lowest BCUT2D eigenvalue weighted by Gasteiger charge is -2.10. The van der Waals surface area contributed by atoms with Gasteiger partial charge in [-0.25, -0.2) is 0 Å². The van der Waals surface area contributed by atoms with Gasteiger partial charge in [-0.1, -0.05) is 11.6 Å². The minimum Gasteiger partial charge on any atom is -0.326 e. The third-order valence-corrected chi connectivity index (χ3v) is 2.52. The summed E-state index contributed by atoms with van der Waals surface area (Å²) >= 11 is 5.53. The molecule has 0 atom stereocenters. The molecule has 1 aromatic rings. The summed E-state index contributed by atoms with van der Waals surface area (Å²) in [6.45, 7) is 1.66. The van der Waals surface area contributed by atoms with Gasteiger partial charge in [0.1, 0.15) is 0 Å². The lowest BCUT2D eigenvalue weighted by Crippen LogP contribution is -2.12. The predicted octanol–water partition coefficient (Wildman–Crippen LogP) is 4.10. The number of rotatable bonds is 3. The number of anilines is 1. The van der Waals surface area contributed by atoms with Crippen LogP contribution in [0, 0.1) is 11.8 Å². The molecule has 6 heteroatoms. The second-order valence-corrected chi connectivity index (χ2v) is 4.07. The molecule has 19 heavy (non-hydrogen) atoms. The van der Waals surface area contributed by atoms with Crippen LogP contribution in [0.2, 0.25) is 5.02 Å². The average molecular weight is 290 g/mol. The molecular formula is C13H11ClF3NO. The van der Waals surface area contributed by atoms with Crippen LogP contribution in [-0.2, 0) is 11.0 Å². The topological polar surface area (TPSA) is 29.1 Å². The fourth-order valence-electron chi connectivity index (χ4n) is 1.35. The van der Waals surface area contributed by atoms with Crippen molar-refractivity contribution in [2.24, 2.45) is 0 Å². The van der Waals surface area contributed by atoms with Crippen molar-refractivity contribution in [3.8, 4) is 11.8 Å². The number of alkyl halides is 3. The number of hydrogen-bond acceptors (Lipinski definition) is 1. The maximum atomic E-state index is 12.5. The van der Waals surface area contributed by atoms with E-state index in [9.17, 15) is 18.0 Å². The van der Waals surface area contributed by atoms with Crippen LogP contribution < -0.4 is 5.32 Å². The maximum Gasteiger partial charge on any atom is 0.417 e. The summed E-state index contributed by atoms with van der Waals surface area (Å²) in [7, 11) is 0. The van der Waals surface area contributed by atoms with E-state index in [1.807, 2.05) is 0 Å². The van der Waals surface area contributed by atoms with Gasteiger partial charge in [0.05, 0.1) is 10.6 Å². The zero-order valence-corrected chi connectivity index (χ0v) is 10.8. The Labute approximate surface area is 113 Å². The summed E-state index contributed by atoms with van der Waals surface area (Å²) in [5, 5.41) is 2.02. The summed E-state index contributed by atoms with van der Waals surface area (Å²) in [5.41, 5.74) is -0.698. The first kappa shape index (κ1) is 15.4. The quantitative estimate of drug-likeness (QED) is 0.834. The number of carbonyl (C=O) groups is 1. The van der Waals surface area contributed by atoms with E-state index in [1.165, 1.54) is 0 Å². The highest BCUT2D eigenvalue weighted by atomic mass is 35.5. The molecule has 2 nitrogen and oxygen atoms in total. The van der Waals surface area contributed by atoms with E-state index in [0.717, 1.165) is 18.2 Å². The van der Waals surface area contributed by atoms with E-state index in [1.54, 1.807) is 6.92 Å². The molecular weight excluding hydrogens is 279 g/mol. The molecule has 1 N–H and O–H groups in total. The Kier molecular flexibility index (Phi) is 5.25. The van der Waals surface area contributed by atoms with E-state index in [0.29, 0.717) is 6.42 Å². The molecule has 0 unspecified atom stereocenters. The summed E-state index contributed by atoms with van der Waals surface area (Å²) in [6, 6.07) is 3.08. The van der Waals surface area contributed by atoms with Crippen LogP contribution in [-0.4, -0.2) is 5.91 Å². The second kappa shape index (κ2) is 6.48. The Morgan fingerprint density at radius 2 is 2.11 bits per heavy atom. The molecule has 0 aliphatic carbocycles. The van der Waals surface area contributed by atoms with Crippen molar-refractivity contribution in [1.82, 2.24) is 0 Å². The molecule has 1 aromatic carbocycles. The zero-order chi connectivity index (χ0) is 14.5. The third kappa shape index (κ3) is 4.84. The van der Waals surface area contributed by atoms with Crippen LogP contribution in [0.15, 0.2) is 18.2 Å². The standard InChI is InChI=1S/C13H11ClF3NO/c1-2-3-4-5-12(19)18-9-6-7-10(11(14)8-9)13(15,16)17/h6-8H,4-5H2,1H3,(H,18,19). The van der Waals surface area contributed by atoms with Crippen LogP contribution in [0.1, 0.15) is 25.3 Å². The van der Waals surface area contributed by atoms with E-state index in [2.05, 4.69) is 17.2 Å². The van der Waals surface area contributed by atoms with E-state index >= 15 is 0 Å². The average Bonchev–Trinajstić information content (AvgIpc) is 2.27. The SMILES string of the molecule is CC#CCCC(=O)Nc1ccc(C(F)(F)F)c(Cl)c1. The fourth-order valence-corrected chi connectivity index (χ4v) is 1.63. The van der Waals surface area contributed by atoms with Gasteiger partial charge >= 0.3 is 6.18 Å². The minimum absolute atomic E-state index is 0.180. The predicted molar refractivity (Wildman–Crippen MR) is 67.8 cm³/mol. The molecule has 0 spiro atoms. The lowest BCUT2D eigenvalue weighted by molar-refractivity contribution is -0.137. The number of carbonyl (C=O) groups excluding carboxylic acids is 1. The molecule has 0 saturated heterocycles. The van der Waals surface area contributed by atoms with Crippen molar-refractivity contribution < 1.29 is 18.0 Å². The molecule has 0 aromatic heterocycles. The Morgan fingerprint density at radius 3 is 2.63 bits per heavy atom. The Balaban J connectivity index is 2.73. The van der Waals surface area contributed by atoms with Gasteiger partial charge in [-0.2, -0.15) is 13.2 Å². The molecule has 102 valence electrons. The number of halogens is 4. The molecule has 0 aliphatic rings. The van der Waals surface area contributed by atoms with Crippen LogP contribution in [0.4, 0.5) is 18.9 Å². The molecule has 1 amide bonds. The number of hydrogen-bond donors (Lipinski definition) is 1. The second-order valence-electron chi connectivity index (χ2n) is 3.67. The molecule has 0 fully saturated rings. The van der Waals surface area contributed by atoms with Gasteiger partial charge in [0.25, 0.3) is 0 Å². The summed E-state index contributed by atoms with van der Waals surface area (Å²) in [5.74, 6) is 5.04. The first-order valence-electron chi connectivity index (χ1n) is 5.41. The highest BCUT2D eigenvalue weighted by Crippen LogP contribution is 2.35. The van der Waals surface area contributed by atoms with Gasteiger partial charge in [0, 0.05) is 18.5 Å². The van der Waals surface area contributed by atoms with Crippen LogP contribution in [0.3, 0.4) is 0 Å². The number of amides is 1. The minimum atomic E-state index is -4.50. The molecule has 0 saturated carbocycles. The van der Waals surface area contributed by atoms with Crippen molar-refractivity contribution in [3.05, 3.63) is 28.8 Å². The Bertz CT molecular complexity index is 529. The third-order valence-electron chi connectivity index (χ3n) is 2.21. The number of benzene rings is 1. The zero-order valence-electron chi connectivity index (χ0n) is 10.1.